The van der Waals surface area contributed by atoms with Gasteiger partial charge in [-0.2, -0.15) is 0 Å². The molecular formula is C23H26N2O3. The molecule has 0 spiro atoms. The molecule has 1 fully saturated rings. The van der Waals surface area contributed by atoms with E-state index >= 15 is 0 Å². The van der Waals surface area contributed by atoms with Crippen molar-refractivity contribution in [2.45, 2.75) is 19.8 Å². The monoisotopic (exact) mass is 378 g/mol. The van der Waals surface area contributed by atoms with Crippen LogP contribution in [0, 0.1) is 12.8 Å². The first-order valence-electron chi connectivity index (χ1n) is 9.54. The van der Waals surface area contributed by atoms with Crippen molar-refractivity contribution in [2.75, 3.05) is 25.5 Å². The summed E-state index contributed by atoms with van der Waals surface area (Å²) < 4.78 is 5.35. The molecule has 1 heterocycles. The number of carbonyl (C=O) groups is 2. The zero-order valence-corrected chi connectivity index (χ0v) is 16.4. The molecule has 2 amide bonds. The maximum Gasteiger partial charge on any atom is 0.246 e. The standard InChI is InChI=1S/C23H26N2O3/c1-17-8-10-21(28-2)19(16-17)9-11-22(26)25-14-12-18(13-15-25)23(27)24-20-6-4-3-5-7-20/h3-11,16,18H,12-15H2,1-2H3,(H,24,27)/b11-9+. The molecule has 1 N–H and O–H groups in total. The summed E-state index contributed by atoms with van der Waals surface area (Å²) in [6, 6.07) is 15.3. The predicted octanol–water partition coefficient (Wildman–Crippen LogP) is 3.89. The molecule has 0 saturated carbocycles. The van der Waals surface area contributed by atoms with E-state index in [4.69, 9.17) is 4.74 Å². The molecule has 3 rings (SSSR count). The average molecular weight is 378 g/mol. The number of amides is 2. The Morgan fingerprint density at radius 2 is 1.82 bits per heavy atom. The molecular weight excluding hydrogens is 352 g/mol. The van der Waals surface area contributed by atoms with Crippen LogP contribution in [0.25, 0.3) is 6.08 Å². The van der Waals surface area contributed by atoms with Crippen LogP contribution >= 0.6 is 0 Å². The second-order valence-corrected chi connectivity index (χ2v) is 7.03. The van der Waals surface area contributed by atoms with Gasteiger partial charge in [-0.1, -0.05) is 29.8 Å². The molecule has 0 radical (unpaired) electrons. The zero-order chi connectivity index (χ0) is 19.9. The van der Waals surface area contributed by atoms with Crippen molar-refractivity contribution in [1.82, 2.24) is 4.90 Å². The first-order chi connectivity index (χ1) is 13.6. The molecule has 1 saturated heterocycles. The summed E-state index contributed by atoms with van der Waals surface area (Å²) in [6.07, 6.45) is 4.72. The second kappa shape index (κ2) is 9.22. The zero-order valence-electron chi connectivity index (χ0n) is 16.4. The van der Waals surface area contributed by atoms with Crippen LogP contribution in [0.4, 0.5) is 5.69 Å². The summed E-state index contributed by atoms with van der Waals surface area (Å²) in [7, 11) is 1.62. The number of hydrogen-bond donors (Lipinski definition) is 1. The number of rotatable bonds is 5. The summed E-state index contributed by atoms with van der Waals surface area (Å²) in [6.45, 7) is 3.17. The minimum Gasteiger partial charge on any atom is -0.496 e. The van der Waals surface area contributed by atoms with Crippen LogP contribution in [0.5, 0.6) is 5.75 Å². The third-order valence-corrected chi connectivity index (χ3v) is 5.01. The molecule has 0 aromatic heterocycles. The van der Waals surface area contributed by atoms with Crippen molar-refractivity contribution in [3.8, 4) is 5.75 Å². The topological polar surface area (TPSA) is 58.6 Å². The lowest BCUT2D eigenvalue weighted by Gasteiger charge is -2.30. The van der Waals surface area contributed by atoms with E-state index in [-0.39, 0.29) is 17.7 Å². The van der Waals surface area contributed by atoms with Crippen molar-refractivity contribution in [2.24, 2.45) is 5.92 Å². The van der Waals surface area contributed by atoms with Gasteiger partial charge < -0.3 is 15.0 Å². The lowest BCUT2D eigenvalue weighted by molar-refractivity contribution is -0.130. The molecule has 0 aliphatic carbocycles. The van der Waals surface area contributed by atoms with E-state index in [1.54, 1.807) is 24.2 Å². The van der Waals surface area contributed by atoms with Gasteiger partial charge in [-0.05, 0) is 50.1 Å². The Bertz CT molecular complexity index is 853. The van der Waals surface area contributed by atoms with E-state index in [2.05, 4.69) is 5.32 Å². The van der Waals surface area contributed by atoms with Crippen LogP contribution in [-0.4, -0.2) is 36.9 Å². The fourth-order valence-electron chi connectivity index (χ4n) is 3.38. The molecule has 2 aromatic carbocycles. The number of para-hydroxylation sites is 1. The number of nitrogens with zero attached hydrogens (tertiary/aromatic N) is 1. The Labute approximate surface area is 166 Å². The van der Waals surface area contributed by atoms with E-state index in [0.717, 1.165) is 22.6 Å². The molecule has 146 valence electrons. The summed E-state index contributed by atoms with van der Waals surface area (Å²) >= 11 is 0. The number of piperidine rings is 1. The van der Waals surface area contributed by atoms with Gasteiger partial charge in [0.05, 0.1) is 7.11 Å². The number of carbonyl (C=O) groups excluding carboxylic acids is 2. The summed E-state index contributed by atoms with van der Waals surface area (Å²) in [5, 5.41) is 2.95. The fourth-order valence-corrected chi connectivity index (χ4v) is 3.38. The highest BCUT2D eigenvalue weighted by atomic mass is 16.5. The smallest absolute Gasteiger partial charge is 0.246 e. The Kier molecular flexibility index (Phi) is 6.48. The quantitative estimate of drug-likeness (QED) is 0.803. The molecule has 1 aliphatic heterocycles. The third kappa shape index (κ3) is 5.00. The van der Waals surface area contributed by atoms with Gasteiger partial charge in [0.2, 0.25) is 11.8 Å². The highest BCUT2D eigenvalue weighted by Gasteiger charge is 2.26. The lowest BCUT2D eigenvalue weighted by Crippen LogP contribution is -2.40. The van der Waals surface area contributed by atoms with Crippen LogP contribution in [0.2, 0.25) is 0 Å². The molecule has 28 heavy (non-hydrogen) atoms. The molecule has 0 unspecified atom stereocenters. The number of anilines is 1. The molecule has 0 bridgehead atoms. The number of ether oxygens (including phenoxy) is 1. The number of benzene rings is 2. The van der Waals surface area contributed by atoms with Crippen LogP contribution < -0.4 is 10.1 Å². The van der Waals surface area contributed by atoms with E-state index in [9.17, 15) is 9.59 Å². The van der Waals surface area contributed by atoms with Crippen LogP contribution in [0.15, 0.2) is 54.6 Å². The predicted molar refractivity (Wildman–Crippen MR) is 111 cm³/mol. The van der Waals surface area contributed by atoms with Crippen molar-refractivity contribution in [1.29, 1.82) is 0 Å². The molecule has 5 nitrogen and oxygen atoms in total. The number of aryl methyl sites for hydroxylation is 1. The van der Waals surface area contributed by atoms with Gasteiger partial charge in [0.1, 0.15) is 5.75 Å². The van der Waals surface area contributed by atoms with Crippen molar-refractivity contribution < 1.29 is 14.3 Å². The van der Waals surface area contributed by atoms with Gasteiger partial charge in [-0.15, -0.1) is 0 Å². The van der Waals surface area contributed by atoms with E-state index in [1.807, 2.05) is 55.5 Å². The lowest BCUT2D eigenvalue weighted by atomic mass is 9.95. The normalized spacial score (nSPS) is 14.9. The Hall–Kier alpha value is -3.08. The highest BCUT2D eigenvalue weighted by molar-refractivity contribution is 5.94. The van der Waals surface area contributed by atoms with Gasteiger partial charge in [0.15, 0.2) is 0 Å². The van der Waals surface area contributed by atoms with Crippen LogP contribution in [-0.2, 0) is 9.59 Å². The largest absolute Gasteiger partial charge is 0.496 e. The summed E-state index contributed by atoms with van der Waals surface area (Å²) in [5.74, 6) is 0.667. The molecule has 0 atom stereocenters. The van der Waals surface area contributed by atoms with Crippen molar-refractivity contribution in [3.05, 3.63) is 65.7 Å². The minimum absolute atomic E-state index is 0.0262. The number of hydrogen-bond acceptors (Lipinski definition) is 3. The first kappa shape index (κ1) is 19.7. The van der Waals surface area contributed by atoms with Gasteiger partial charge in [-0.25, -0.2) is 0 Å². The van der Waals surface area contributed by atoms with Gasteiger partial charge >= 0.3 is 0 Å². The first-order valence-corrected chi connectivity index (χ1v) is 9.54. The molecule has 2 aromatic rings. The number of likely N-dealkylation sites (tertiary alicyclic amines) is 1. The Morgan fingerprint density at radius 1 is 1.11 bits per heavy atom. The summed E-state index contributed by atoms with van der Waals surface area (Å²) in [5.41, 5.74) is 2.80. The van der Waals surface area contributed by atoms with E-state index in [0.29, 0.717) is 25.9 Å². The van der Waals surface area contributed by atoms with E-state index < -0.39 is 0 Å². The number of nitrogens with one attached hydrogen (secondary N) is 1. The van der Waals surface area contributed by atoms with E-state index in [1.165, 1.54) is 0 Å². The third-order valence-electron chi connectivity index (χ3n) is 5.01. The van der Waals surface area contributed by atoms with Gasteiger partial charge in [0.25, 0.3) is 0 Å². The maximum atomic E-state index is 12.5. The highest BCUT2D eigenvalue weighted by Crippen LogP contribution is 2.22. The van der Waals surface area contributed by atoms with Gasteiger partial charge in [0, 0.05) is 36.3 Å². The second-order valence-electron chi connectivity index (χ2n) is 7.03. The maximum absolute atomic E-state index is 12.5. The summed E-state index contributed by atoms with van der Waals surface area (Å²) in [4.78, 5) is 26.7. The Morgan fingerprint density at radius 3 is 2.50 bits per heavy atom. The van der Waals surface area contributed by atoms with Gasteiger partial charge in [-0.3, -0.25) is 9.59 Å². The molecule has 5 heteroatoms. The van der Waals surface area contributed by atoms with Crippen LogP contribution in [0.3, 0.4) is 0 Å². The van der Waals surface area contributed by atoms with Crippen molar-refractivity contribution >= 4 is 23.6 Å². The minimum atomic E-state index is -0.0647. The number of methoxy groups -OCH3 is 1. The Balaban J connectivity index is 1.54. The fraction of sp³-hybridized carbons (Fsp3) is 0.304. The molecule has 1 aliphatic rings. The SMILES string of the molecule is COc1ccc(C)cc1/C=C/C(=O)N1CCC(C(=O)Nc2ccccc2)CC1. The van der Waals surface area contributed by atoms with Crippen molar-refractivity contribution in [3.63, 3.8) is 0 Å². The average Bonchev–Trinajstić information content (AvgIpc) is 2.73. The van der Waals surface area contributed by atoms with Crippen LogP contribution in [0.1, 0.15) is 24.0 Å².